The summed E-state index contributed by atoms with van der Waals surface area (Å²) in [6.45, 7) is 0. The third-order valence-electron chi connectivity index (χ3n) is 2.29. The van der Waals surface area contributed by atoms with Crippen molar-refractivity contribution >= 4 is 46.1 Å². The highest BCUT2D eigenvalue weighted by molar-refractivity contribution is 7.99. The van der Waals surface area contributed by atoms with Gasteiger partial charge in [0.15, 0.2) is 5.65 Å². The molecule has 90 valence electrons. The van der Waals surface area contributed by atoms with Gasteiger partial charge in [0.25, 0.3) is 0 Å². The number of halogens is 2. The monoisotopic (exact) mass is 296 g/mol. The first-order valence-corrected chi connectivity index (χ1v) is 6.58. The Bertz CT molecular complexity index is 713. The molecule has 0 atom stereocenters. The molecule has 2 heterocycles. The second-order valence-corrected chi connectivity index (χ2v) is 5.33. The molecule has 0 bridgehead atoms. The van der Waals surface area contributed by atoms with Gasteiger partial charge in [-0.2, -0.15) is 0 Å². The number of nitrogens with one attached hydrogen (secondary N) is 1. The Hall–Kier alpha value is -1.30. The van der Waals surface area contributed by atoms with Crippen molar-refractivity contribution in [1.82, 2.24) is 19.9 Å². The van der Waals surface area contributed by atoms with Crippen molar-refractivity contribution in [2.75, 3.05) is 0 Å². The number of fused-ring (bicyclic) bond motifs is 1. The van der Waals surface area contributed by atoms with E-state index >= 15 is 0 Å². The molecule has 0 unspecified atom stereocenters. The van der Waals surface area contributed by atoms with E-state index in [2.05, 4.69) is 19.9 Å². The molecule has 2 aromatic heterocycles. The van der Waals surface area contributed by atoms with Gasteiger partial charge in [0.2, 0.25) is 0 Å². The van der Waals surface area contributed by atoms with Gasteiger partial charge >= 0.3 is 0 Å². The van der Waals surface area contributed by atoms with Crippen LogP contribution in [-0.4, -0.2) is 19.9 Å². The number of hydrogen-bond donors (Lipinski definition) is 1. The molecule has 0 aliphatic heterocycles. The maximum absolute atomic E-state index is 6.13. The summed E-state index contributed by atoms with van der Waals surface area (Å²) in [7, 11) is 0. The lowest BCUT2D eigenvalue weighted by molar-refractivity contribution is 1.08. The van der Waals surface area contributed by atoms with Gasteiger partial charge < -0.3 is 4.98 Å². The minimum Gasteiger partial charge on any atom is -0.341 e. The fourth-order valence-electron chi connectivity index (χ4n) is 1.48. The van der Waals surface area contributed by atoms with Crippen LogP contribution in [-0.2, 0) is 0 Å². The minimum atomic E-state index is 0.596. The highest BCUT2D eigenvalue weighted by atomic mass is 35.5. The maximum Gasteiger partial charge on any atom is 0.181 e. The van der Waals surface area contributed by atoms with Crippen molar-refractivity contribution in [3.63, 3.8) is 0 Å². The summed E-state index contributed by atoms with van der Waals surface area (Å²) in [6.07, 6.45) is 3.07. The van der Waals surface area contributed by atoms with Crippen molar-refractivity contribution in [1.29, 1.82) is 0 Å². The summed E-state index contributed by atoms with van der Waals surface area (Å²) in [6, 6.07) is 5.36. The molecule has 18 heavy (non-hydrogen) atoms. The SMILES string of the molecule is Clc1ccc(Sc2ncnc3nc[nH]c23)c(Cl)c1. The Labute approximate surface area is 117 Å². The van der Waals surface area contributed by atoms with Gasteiger partial charge in [0.1, 0.15) is 16.9 Å². The molecule has 0 saturated heterocycles. The molecule has 0 fully saturated rings. The van der Waals surface area contributed by atoms with Crippen LogP contribution in [0.3, 0.4) is 0 Å². The molecule has 4 nitrogen and oxygen atoms in total. The summed E-state index contributed by atoms with van der Waals surface area (Å²) >= 11 is 13.4. The molecule has 1 N–H and O–H groups in total. The van der Waals surface area contributed by atoms with Crippen LogP contribution < -0.4 is 0 Å². The van der Waals surface area contributed by atoms with Gasteiger partial charge in [-0.1, -0.05) is 35.0 Å². The number of hydrogen-bond acceptors (Lipinski definition) is 4. The molecule has 0 amide bonds. The first kappa shape index (κ1) is 11.8. The number of benzene rings is 1. The highest BCUT2D eigenvalue weighted by Crippen LogP contribution is 2.35. The highest BCUT2D eigenvalue weighted by Gasteiger charge is 2.10. The van der Waals surface area contributed by atoms with E-state index in [1.54, 1.807) is 18.5 Å². The van der Waals surface area contributed by atoms with Crippen molar-refractivity contribution in [3.8, 4) is 0 Å². The normalized spacial score (nSPS) is 11.0. The van der Waals surface area contributed by atoms with Crippen molar-refractivity contribution in [2.24, 2.45) is 0 Å². The third-order valence-corrected chi connectivity index (χ3v) is 4.03. The van der Waals surface area contributed by atoms with E-state index in [1.165, 1.54) is 18.1 Å². The van der Waals surface area contributed by atoms with Gasteiger partial charge in [-0.05, 0) is 18.2 Å². The zero-order chi connectivity index (χ0) is 12.5. The summed E-state index contributed by atoms with van der Waals surface area (Å²) in [5, 5.41) is 1.99. The zero-order valence-electron chi connectivity index (χ0n) is 8.89. The zero-order valence-corrected chi connectivity index (χ0v) is 11.2. The maximum atomic E-state index is 6.13. The molecular weight excluding hydrogens is 291 g/mol. The molecule has 0 saturated carbocycles. The number of rotatable bonds is 2. The van der Waals surface area contributed by atoms with E-state index in [0.29, 0.717) is 15.7 Å². The standard InChI is InChI=1S/C11H6Cl2N4S/c12-6-1-2-8(7(13)3-6)18-11-9-10(15-4-14-9)16-5-17-11/h1-5H,(H,14,15,16,17). The van der Waals surface area contributed by atoms with Crippen LogP contribution in [0.4, 0.5) is 0 Å². The third kappa shape index (κ3) is 2.16. The number of H-pyrrole nitrogens is 1. The fraction of sp³-hybridized carbons (Fsp3) is 0. The van der Waals surface area contributed by atoms with Gasteiger partial charge in [0.05, 0.1) is 11.3 Å². The van der Waals surface area contributed by atoms with Crippen LogP contribution >= 0.6 is 35.0 Å². The number of aromatic nitrogens is 4. The molecule has 0 aliphatic carbocycles. The smallest absolute Gasteiger partial charge is 0.181 e. The van der Waals surface area contributed by atoms with Gasteiger partial charge in [0, 0.05) is 9.92 Å². The summed E-state index contributed by atoms with van der Waals surface area (Å²) in [4.78, 5) is 16.3. The van der Waals surface area contributed by atoms with Gasteiger partial charge in [-0.3, -0.25) is 0 Å². The average molecular weight is 297 g/mol. The number of nitrogens with zero attached hydrogens (tertiary/aromatic N) is 3. The van der Waals surface area contributed by atoms with Gasteiger partial charge in [-0.15, -0.1) is 0 Å². The summed E-state index contributed by atoms with van der Waals surface area (Å²) in [5.74, 6) is 0. The number of imidazole rings is 1. The molecule has 3 rings (SSSR count). The molecule has 7 heteroatoms. The average Bonchev–Trinajstić information content (AvgIpc) is 2.82. The minimum absolute atomic E-state index is 0.596. The van der Waals surface area contributed by atoms with E-state index in [4.69, 9.17) is 23.2 Å². The summed E-state index contributed by atoms with van der Waals surface area (Å²) < 4.78 is 0. The van der Waals surface area contributed by atoms with E-state index in [-0.39, 0.29) is 0 Å². The first-order valence-electron chi connectivity index (χ1n) is 5.01. The van der Waals surface area contributed by atoms with Crippen LogP contribution in [0.2, 0.25) is 10.0 Å². The first-order chi connectivity index (χ1) is 8.74. The van der Waals surface area contributed by atoms with Crippen LogP contribution in [0.5, 0.6) is 0 Å². The Morgan fingerprint density at radius 2 is 2.00 bits per heavy atom. The van der Waals surface area contributed by atoms with E-state index in [9.17, 15) is 0 Å². The summed E-state index contributed by atoms with van der Waals surface area (Å²) in [5.41, 5.74) is 1.44. The molecule has 3 aromatic rings. The molecule has 1 aromatic carbocycles. The second kappa shape index (κ2) is 4.76. The van der Waals surface area contributed by atoms with Crippen molar-refractivity contribution in [3.05, 3.63) is 40.9 Å². The Morgan fingerprint density at radius 1 is 1.11 bits per heavy atom. The number of aromatic amines is 1. The van der Waals surface area contributed by atoms with Crippen molar-refractivity contribution in [2.45, 2.75) is 9.92 Å². The Kier molecular flexibility index (Phi) is 3.11. The Morgan fingerprint density at radius 3 is 2.83 bits per heavy atom. The Balaban J connectivity index is 2.03. The predicted molar refractivity (Wildman–Crippen MR) is 72.3 cm³/mol. The largest absolute Gasteiger partial charge is 0.341 e. The van der Waals surface area contributed by atoms with E-state index in [0.717, 1.165) is 15.4 Å². The topological polar surface area (TPSA) is 54.5 Å². The molecular formula is C11H6Cl2N4S. The van der Waals surface area contributed by atoms with Crippen LogP contribution in [0.15, 0.2) is 40.8 Å². The van der Waals surface area contributed by atoms with Crippen LogP contribution in [0, 0.1) is 0 Å². The lowest BCUT2D eigenvalue weighted by atomic mass is 10.4. The molecule has 0 aliphatic rings. The van der Waals surface area contributed by atoms with Crippen LogP contribution in [0.25, 0.3) is 11.2 Å². The van der Waals surface area contributed by atoms with Gasteiger partial charge in [-0.25, -0.2) is 15.0 Å². The van der Waals surface area contributed by atoms with E-state index < -0.39 is 0 Å². The predicted octanol–water partition coefficient (Wildman–Crippen LogP) is 3.81. The van der Waals surface area contributed by atoms with Crippen LogP contribution in [0.1, 0.15) is 0 Å². The lowest BCUT2D eigenvalue weighted by Gasteiger charge is -2.04. The molecule has 0 radical (unpaired) electrons. The van der Waals surface area contributed by atoms with E-state index in [1.807, 2.05) is 6.07 Å². The fourth-order valence-corrected chi connectivity index (χ4v) is 2.86. The quantitative estimate of drug-likeness (QED) is 0.731. The lowest BCUT2D eigenvalue weighted by Crippen LogP contribution is -1.86. The van der Waals surface area contributed by atoms with Crippen molar-refractivity contribution < 1.29 is 0 Å². The molecule has 0 spiro atoms. The second-order valence-electron chi connectivity index (χ2n) is 3.46.